The van der Waals surface area contributed by atoms with Gasteiger partial charge in [0.2, 0.25) is 5.91 Å². The second-order valence-electron chi connectivity index (χ2n) is 6.32. The highest BCUT2D eigenvalue weighted by atomic mass is 16.5. The lowest BCUT2D eigenvalue weighted by molar-refractivity contribution is -0.121. The smallest absolute Gasteiger partial charge is 0.256 e. The third-order valence-corrected chi connectivity index (χ3v) is 4.49. The molecule has 1 aliphatic heterocycles. The van der Waals surface area contributed by atoms with Crippen LogP contribution >= 0.6 is 0 Å². The number of rotatable bonds is 5. The number of amides is 2. The SMILES string of the molecule is COc1ccc(N2C(=O)CC(Nc3ccc(C)cc3C)C2=O)c(OC)c1. The van der Waals surface area contributed by atoms with Crippen molar-refractivity contribution in [1.82, 2.24) is 0 Å². The zero-order valence-corrected chi connectivity index (χ0v) is 15.3. The van der Waals surface area contributed by atoms with E-state index in [-0.39, 0.29) is 18.2 Å². The molecule has 2 amide bonds. The van der Waals surface area contributed by atoms with E-state index in [0.717, 1.165) is 16.8 Å². The topological polar surface area (TPSA) is 67.9 Å². The van der Waals surface area contributed by atoms with Crippen LogP contribution < -0.4 is 19.7 Å². The molecule has 0 aliphatic carbocycles. The predicted octanol–water partition coefficient (Wildman–Crippen LogP) is 3.06. The average molecular weight is 354 g/mol. The van der Waals surface area contributed by atoms with E-state index in [1.165, 1.54) is 12.0 Å². The Balaban J connectivity index is 1.87. The van der Waals surface area contributed by atoms with E-state index in [4.69, 9.17) is 9.47 Å². The van der Waals surface area contributed by atoms with Crippen molar-refractivity contribution >= 4 is 23.2 Å². The number of methoxy groups -OCH3 is 2. The van der Waals surface area contributed by atoms with Gasteiger partial charge in [-0.2, -0.15) is 0 Å². The lowest BCUT2D eigenvalue weighted by atomic mass is 10.1. The van der Waals surface area contributed by atoms with Gasteiger partial charge >= 0.3 is 0 Å². The highest BCUT2D eigenvalue weighted by molar-refractivity contribution is 6.23. The van der Waals surface area contributed by atoms with Crippen molar-refractivity contribution in [1.29, 1.82) is 0 Å². The summed E-state index contributed by atoms with van der Waals surface area (Å²) in [6.07, 6.45) is 0.0985. The Hall–Kier alpha value is -3.02. The van der Waals surface area contributed by atoms with Crippen LogP contribution in [0, 0.1) is 13.8 Å². The van der Waals surface area contributed by atoms with Crippen LogP contribution in [0.15, 0.2) is 36.4 Å². The normalized spacial score (nSPS) is 16.8. The maximum Gasteiger partial charge on any atom is 0.256 e. The Bertz CT molecular complexity index is 863. The predicted molar refractivity (Wildman–Crippen MR) is 100.0 cm³/mol. The van der Waals surface area contributed by atoms with Gasteiger partial charge in [-0.15, -0.1) is 0 Å². The summed E-state index contributed by atoms with van der Waals surface area (Å²) in [6, 6.07) is 10.3. The molecule has 6 heteroatoms. The van der Waals surface area contributed by atoms with Crippen LogP contribution in [-0.4, -0.2) is 32.1 Å². The number of hydrogen-bond donors (Lipinski definition) is 1. The molecule has 2 aromatic rings. The summed E-state index contributed by atoms with van der Waals surface area (Å²) in [6.45, 7) is 3.99. The molecule has 136 valence electrons. The Morgan fingerprint density at radius 1 is 1.04 bits per heavy atom. The van der Waals surface area contributed by atoms with Crippen LogP contribution in [0.2, 0.25) is 0 Å². The zero-order valence-electron chi connectivity index (χ0n) is 15.3. The largest absolute Gasteiger partial charge is 0.497 e. The first-order chi connectivity index (χ1) is 12.4. The number of nitrogens with zero attached hydrogens (tertiary/aromatic N) is 1. The van der Waals surface area contributed by atoms with Crippen LogP contribution in [-0.2, 0) is 9.59 Å². The third-order valence-electron chi connectivity index (χ3n) is 4.49. The van der Waals surface area contributed by atoms with E-state index >= 15 is 0 Å². The minimum atomic E-state index is -0.601. The van der Waals surface area contributed by atoms with Crippen LogP contribution in [0.3, 0.4) is 0 Å². The van der Waals surface area contributed by atoms with Crippen molar-refractivity contribution in [2.24, 2.45) is 0 Å². The van der Waals surface area contributed by atoms with E-state index in [2.05, 4.69) is 5.32 Å². The van der Waals surface area contributed by atoms with Crippen molar-refractivity contribution in [3.63, 3.8) is 0 Å². The summed E-state index contributed by atoms with van der Waals surface area (Å²) < 4.78 is 10.5. The molecule has 3 rings (SSSR count). The molecule has 0 radical (unpaired) electrons. The first-order valence-electron chi connectivity index (χ1n) is 8.37. The number of imide groups is 1. The van der Waals surface area contributed by atoms with Crippen LogP contribution in [0.1, 0.15) is 17.5 Å². The number of hydrogen-bond acceptors (Lipinski definition) is 5. The molecular formula is C20H22N2O4. The van der Waals surface area contributed by atoms with E-state index in [1.54, 1.807) is 25.3 Å². The van der Waals surface area contributed by atoms with E-state index in [1.807, 2.05) is 32.0 Å². The van der Waals surface area contributed by atoms with E-state index in [0.29, 0.717) is 17.2 Å². The van der Waals surface area contributed by atoms with Crippen molar-refractivity contribution in [2.45, 2.75) is 26.3 Å². The van der Waals surface area contributed by atoms with Gasteiger partial charge in [-0.25, -0.2) is 4.90 Å². The van der Waals surface area contributed by atoms with Gasteiger partial charge in [0.1, 0.15) is 17.5 Å². The van der Waals surface area contributed by atoms with Gasteiger partial charge in [-0.05, 0) is 37.6 Å². The number of aryl methyl sites for hydroxylation is 2. The minimum Gasteiger partial charge on any atom is -0.497 e. The summed E-state index contributed by atoms with van der Waals surface area (Å²) in [7, 11) is 3.04. The third kappa shape index (κ3) is 3.22. The molecule has 1 heterocycles. The molecule has 1 N–H and O–H groups in total. The number of carbonyl (C=O) groups excluding carboxylic acids is 2. The summed E-state index contributed by atoms with van der Waals surface area (Å²) >= 11 is 0. The first kappa shape index (κ1) is 17.8. The van der Waals surface area contributed by atoms with Gasteiger partial charge in [0.25, 0.3) is 5.91 Å². The monoisotopic (exact) mass is 354 g/mol. The first-order valence-corrected chi connectivity index (χ1v) is 8.37. The van der Waals surface area contributed by atoms with E-state index < -0.39 is 6.04 Å². The Morgan fingerprint density at radius 2 is 1.81 bits per heavy atom. The van der Waals surface area contributed by atoms with Gasteiger partial charge in [-0.1, -0.05) is 17.7 Å². The Morgan fingerprint density at radius 3 is 2.46 bits per heavy atom. The average Bonchev–Trinajstić information content (AvgIpc) is 2.90. The number of carbonyl (C=O) groups is 2. The van der Waals surface area contributed by atoms with Gasteiger partial charge in [0, 0.05) is 11.8 Å². The van der Waals surface area contributed by atoms with Crippen molar-refractivity contribution in [3.8, 4) is 11.5 Å². The Labute approximate surface area is 152 Å². The molecule has 0 bridgehead atoms. The molecule has 0 saturated carbocycles. The molecule has 1 saturated heterocycles. The standard InChI is InChI=1S/C20H22N2O4/c1-12-5-7-15(13(2)9-12)21-16-11-19(23)22(20(16)24)17-8-6-14(25-3)10-18(17)26-4/h5-10,16,21H,11H2,1-4H3. The van der Waals surface area contributed by atoms with Crippen molar-refractivity contribution in [2.75, 3.05) is 24.4 Å². The van der Waals surface area contributed by atoms with E-state index in [9.17, 15) is 9.59 Å². The fourth-order valence-electron chi connectivity index (χ4n) is 3.13. The van der Waals surface area contributed by atoms with Gasteiger partial charge in [-0.3, -0.25) is 9.59 Å². The molecule has 0 spiro atoms. The van der Waals surface area contributed by atoms with Crippen molar-refractivity contribution < 1.29 is 19.1 Å². The van der Waals surface area contributed by atoms with Gasteiger partial charge < -0.3 is 14.8 Å². The fraction of sp³-hybridized carbons (Fsp3) is 0.300. The summed E-state index contributed by atoms with van der Waals surface area (Å²) in [5.41, 5.74) is 3.45. The highest BCUT2D eigenvalue weighted by Gasteiger charge is 2.41. The van der Waals surface area contributed by atoms with Gasteiger partial charge in [0.05, 0.1) is 26.3 Å². The number of nitrogens with one attached hydrogen (secondary N) is 1. The summed E-state index contributed by atoms with van der Waals surface area (Å²) in [4.78, 5) is 26.6. The highest BCUT2D eigenvalue weighted by Crippen LogP contribution is 2.35. The van der Waals surface area contributed by atoms with Crippen molar-refractivity contribution in [3.05, 3.63) is 47.5 Å². The maximum atomic E-state index is 12.9. The van der Waals surface area contributed by atoms with Gasteiger partial charge in [0.15, 0.2) is 0 Å². The number of ether oxygens (including phenoxy) is 2. The quantitative estimate of drug-likeness (QED) is 0.836. The number of benzene rings is 2. The summed E-state index contributed by atoms with van der Waals surface area (Å²) in [5.74, 6) is 0.451. The minimum absolute atomic E-state index is 0.0985. The molecule has 1 unspecified atom stereocenters. The molecule has 26 heavy (non-hydrogen) atoms. The molecule has 1 fully saturated rings. The molecule has 1 aliphatic rings. The summed E-state index contributed by atoms with van der Waals surface area (Å²) in [5, 5.41) is 3.20. The second kappa shape index (κ2) is 7.07. The van der Waals surface area contributed by atoms with Crippen LogP contribution in [0.25, 0.3) is 0 Å². The molecule has 0 aromatic heterocycles. The molecule has 2 aromatic carbocycles. The maximum absolute atomic E-state index is 12.9. The lowest BCUT2D eigenvalue weighted by Crippen LogP contribution is -2.35. The van der Waals surface area contributed by atoms with Crippen LogP contribution in [0.4, 0.5) is 11.4 Å². The molecular weight excluding hydrogens is 332 g/mol. The Kier molecular flexibility index (Phi) is 4.84. The zero-order chi connectivity index (χ0) is 18.8. The second-order valence-corrected chi connectivity index (χ2v) is 6.32. The molecule has 1 atom stereocenters. The lowest BCUT2D eigenvalue weighted by Gasteiger charge is -2.19. The molecule has 6 nitrogen and oxygen atoms in total. The van der Waals surface area contributed by atoms with Crippen LogP contribution in [0.5, 0.6) is 11.5 Å². The fourth-order valence-corrected chi connectivity index (χ4v) is 3.13. The number of anilines is 2.